The maximum atomic E-state index is 12.0. The molecule has 1 aliphatic rings. The molecule has 0 fully saturated rings. The van der Waals surface area contributed by atoms with Gasteiger partial charge in [-0.3, -0.25) is 9.00 Å². The number of hydrogen-bond donors (Lipinski definition) is 2. The van der Waals surface area contributed by atoms with E-state index in [0.29, 0.717) is 16.2 Å². The Morgan fingerprint density at radius 1 is 1.37 bits per heavy atom. The van der Waals surface area contributed by atoms with E-state index < -0.39 is 16.3 Å². The van der Waals surface area contributed by atoms with Gasteiger partial charge in [0, 0.05) is 34.6 Å². The van der Waals surface area contributed by atoms with Gasteiger partial charge in [-0.2, -0.15) is 10.6 Å². The van der Waals surface area contributed by atoms with Crippen LogP contribution in [0, 0.1) is 0 Å². The summed E-state index contributed by atoms with van der Waals surface area (Å²) in [6, 6.07) is 6.90. The zero-order valence-corrected chi connectivity index (χ0v) is 11.7. The molecule has 1 aliphatic heterocycles. The highest BCUT2D eigenvalue weighted by Gasteiger charge is 2.46. The molecule has 6 nitrogen and oxygen atoms in total. The lowest BCUT2D eigenvalue weighted by Crippen LogP contribution is -2.53. The predicted molar refractivity (Wildman–Crippen MR) is 71.4 cm³/mol. The zero-order chi connectivity index (χ0) is 14.2. The van der Waals surface area contributed by atoms with Crippen molar-refractivity contribution in [2.45, 2.75) is 17.4 Å². The number of likely N-dealkylation sites (N-methyl/N-ethyl adjacent to an activating group) is 1. The largest absolute Gasteiger partial charge is 0.315 e. The van der Waals surface area contributed by atoms with Gasteiger partial charge < -0.3 is 5.21 Å². The fourth-order valence-corrected chi connectivity index (χ4v) is 2.49. The van der Waals surface area contributed by atoms with E-state index in [9.17, 15) is 14.2 Å². The van der Waals surface area contributed by atoms with E-state index in [-0.39, 0.29) is 5.91 Å². The summed E-state index contributed by atoms with van der Waals surface area (Å²) in [6.07, 6.45) is 1.60. The maximum absolute atomic E-state index is 12.0. The van der Waals surface area contributed by atoms with Crippen molar-refractivity contribution in [2.24, 2.45) is 5.10 Å². The summed E-state index contributed by atoms with van der Waals surface area (Å²) in [4.78, 5) is 12.7. The number of nitrogens with zero attached hydrogens (tertiary/aromatic N) is 2. The molecule has 0 radical (unpaired) electrons. The molecule has 2 unspecified atom stereocenters. The fourth-order valence-electron chi connectivity index (χ4n) is 1.97. The monoisotopic (exact) mass is 281 g/mol. The van der Waals surface area contributed by atoms with Crippen LogP contribution in [0.25, 0.3) is 0 Å². The zero-order valence-electron chi connectivity index (χ0n) is 10.9. The van der Waals surface area contributed by atoms with E-state index >= 15 is 0 Å². The first kappa shape index (κ1) is 13.9. The van der Waals surface area contributed by atoms with Gasteiger partial charge in [0.2, 0.25) is 0 Å². The molecule has 1 amide bonds. The standard InChI is InChI=1S/C12H15N3O3S/c1-12(14-17)10(13-15(2)11(12)16)8-4-6-9(7-5-8)19(3)18/h4-7,14,17H,1-3H3. The minimum Gasteiger partial charge on any atom is -0.315 e. The van der Waals surface area contributed by atoms with Crippen molar-refractivity contribution >= 4 is 22.4 Å². The van der Waals surface area contributed by atoms with Crippen LogP contribution in [0.3, 0.4) is 0 Å². The van der Waals surface area contributed by atoms with Crippen LogP contribution >= 0.6 is 0 Å². The molecular weight excluding hydrogens is 266 g/mol. The minimum absolute atomic E-state index is 0.340. The second-order valence-corrected chi connectivity index (χ2v) is 5.87. The molecule has 1 heterocycles. The summed E-state index contributed by atoms with van der Waals surface area (Å²) in [7, 11) is 0.472. The van der Waals surface area contributed by atoms with Gasteiger partial charge in [-0.25, -0.2) is 5.01 Å². The SMILES string of the molecule is CN1N=C(c2ccc(S(C)=O)cc2)C(C)(NO)C1=O. The molecule has 1 aromatic rings. The Kier molecular flexibility index (Phi) is 3.53. The highest BCUT2D eigenvalue weighted by Crippen LogP contribution is 2.24. The van der Waals surface area contributed by atoms with E-state index in [1.165, 1.54) is 12.1 Å². The van der Waals surface area contributed by atoms with Crippen molar-refractivity contribution in [3.8, 4) is 0 Å². The molecule has 1 aromatic carbocycles. The molecule has 2 N–H and O–H groups in total. The van der Waals surface area contributed by atoms with Crippen LogP contribution in [-0.2, 0) is 15.6 Å². The summed E-state index contributed by atoms with van der Waals surface area (Å²) >= 11 is 0. The lowest BCUT2D eigenvalue weighted by atomic mass is 9.91. The molecule has 19 heavy (non-hydrogen) atoms. The second kappa shape index (κ2) is 4.84. The molecule has 102 valence electrons. The van der Waals surface area contributed by atoms with Gasteiger partial charge in [-0.15, -0.1) is 0 Å². The Hall–Kier alpha value is -1.57. The number of amides is 1. The molecule has 0 saturated carbocycles. The molecule has 0 bridgehead atoms. The third-order valence-electron chi connectivity index (χ3n) is 3.13. The van der Waals surface area contributed by atoms with Gasteiger partial charge in [0.25, 0.3) is 5.91 Å². The van der Waals surface area contributed by atoms with Crippen LogP contribution in [0.15, 0.2) is 34.3 Å². The average molecular weight is 281 g/mol. The summed E-state index contributed by atoms with van der Waals surface area (Å²) in [6.45, 7) is 1.56. The summed E-state index contributed by atoms with van der Waals surface area (Å²) in [5.74, 6) is -0.340. The highest BCUT2D eigenvalue weighted by molar-refractivity contribution is 7.84. The van der Waals surface area contributed by atoms with E-state index in [2.05, 4.69) is 5.10 Å². The van der Waals surface area contributed by atoms with Crippen LogP contribution in [0.2, 0.25) is 0 Å². The molecule has 7 heteroatoms. The van der Waals surface area contributed by atoms with Crippen molar-refractivity contribution in [2.75, 3.05) is 13.3 Å². The van der Waals surface area contributed by atoms with E-state index in [4.69, 9.17) is 0 Å². The first-order chi connectivity index (χ1) is 8.90. The van der Waals surface area contributed by atoms with E-state index in [1.54, 1.807) is 37.4 Å². The predicted octanol–water partition coefficient (Wildman–Crippen LogP) is 0.338. The number of carbonyl (C=O) groups excluding carboxylic acids is 1. The lowest BCUT2D eigenvalue weighted by molar-refractivity contribution is -0.134. The summed E-state index contributed by atoms with van der Waals surface area (Å²) < 4.78 is 11.3. The first-order valence-corrected chi connectivity index (χ1v) is 7.18. The quantitative estimate of drug-likeness (QED) is 0.783. The lowest BCUT2D eigenvalue weighted by Gasteiger charge is -2.21. The number of rotatable bonds is 3. The number of carbonyl (C=O) groups is 1. The Balaban J connectivity index is 2.43. The van der Waals surface area contributed by atoms with Crippen LogP contribution in [0.4, 0.5) is 0 Å². The van der Waals surface area contributed by atoms with Crippen LogP contribution in [-0.4, -0.2) is 44.9 Å². The fraction of sp³-hybridized carbons (Fsp3) is 0.333. The normalized spacial score (nSPS) is 24.5. The van der Waals surface area contributed by atoms with Gasteiger partial charge in [0.1, 0.15) is 0 Å². The van der Waals surface area contributed by atoms with Crippen molar-refractivity contribution in [3.05, 3.63) is 29.8 Å². The van der Waals surface area contributed by atoms with Crippen LogP contribution < -0.4 is 5.48 Å². The van der Waals surface area contributed by atoms with Crippen molar-refractivity contribution in [1.82, 2.24) is 10.5 Å². The Bertz CT molecular complexity index is 570. The maximum Gasteiger partial charge on any atom is 0.270 e. The number of hydroxylamine groups is 1. The molecule has 0 saturated heterocycles. The Morgan fingerprint density at radius 2 is 1.95 bits per heavy atom. The second-order valence-electron chi connectivity index (χ2n) is 4.49. The number of hydrazone groups is 1. The van der Waals surface area contributed by atoms with Crippen molar-refractivity contribution in [1.29, 1.82) is 0 Å². The van der Waals surface area contributed by atoms with Gasteiger partial charge in [-0.1, -0.05) is 12.1 Å². The first-order valence-electron chi connectivity index (χ1n) is 5.62. The highest BCUT2D eigenvalue weighted by atomic mass is 32.2. The Labute approximate surface area is 113 Å². The summed E-state index contributed by atoms with van der Waals surface area (Å²) in [5, 5.41) is 14.6. The molecular formula is C12H15N3O3S. The van der Waals surface area contributed by atoms with Gasteiger partial charge >= 0.3 is 0 Å². The number of benzene rings is 1. The smallest absolute Gasteiger partial charge is 0.270 e. The topological polar surface area (TPSA) is 82.0 Å². The third-order valence-corrected chi connectivity index (χ3v) is 4.06. The number of hydrogen-bond acceptors (Lipinski definition) is 5. The molecule has 0 spiro atoms. The number of nitrogens with one attached hydrogen (secondary N) is 1. The summed E-state index contributed by atoms with van der Waals surface area (Å²) in [5.41, 5.74) is 1.88. The average Bonchev–Trinajstić information content (AvgIpc) is 2.64. The Morgan fingerprint density at radius 3 is 2.42 bits per heavy atom. The van der Waals surface area contributed by atoms with Crippen LogP contribution in [0.1, 0.15) is 12.5 Å². The molecule has 0 aliphatic carbocycles. The van der Waals surface area contributed by atoms with Crippen molar-refractivity contribution in [3.63, 3.8) is 0 Å². The minimum atomic E-state index is -1.26. The molecule has 2 rings (SSSR count). The van der Waals surface area contributed by atoms with E-state index in [0.717, 1.165) is 0 Å². The van der Waals surface area contributed by atoms with Gasteiger partial charge in [0.05, 0.1) is 5.71 Å². The van der Waals surface area contributed by atoms with Gasteiger partial charge in [-0.05, 0) is 19.1 Å². The van der Waals surface area contributed by atoms with E-state index in [1.807, 2.05) is 5.48 Å². The molecule has 2 atom stereocenters. The van der Waals surface area contributed by atoms with Crippen LogP contribution in [0.5, 0.6) is 0 Å². The van der Waals surface area contributed by atoms with Gasteiger partial charge in [0.15, 0.2) is 5.54 Å². The van der Waals surface area contributed by atoms with Crippen molar-refractivity contribution < 1.29 is 14.2 Å². The molecule has 0 aromatic heterocycles. The third kappa shape index (κ3) is 2.20.